The highest BCUT2D eigenvalue weighted by atomic mass is 19.4. The molecule has 0 atom stereocenters. The highest BCUT2D eigenvalue weighted by Gasteiger charge is 2.29. The number of methoxy groups -OCH3 is 1. The van der Waals surface area contributed by atoms with Crippen LogP contribution in [0.25, 0.3) is 0 Å². The first-order valence-corrected chi connectivity index (χ1v) is 12.1. The first-order chi connectivity index (χ1) is 18.2. The van der Waals surface area contributed by atoms with Gasteiger partial charge in [0.15, 0.2) is 0 Å². The number of hydrogen-bond acceptors (Lipinski definition) is 6. The Morgan fingerprint density at radius 1 is 0.974 bits per heavy atom. The van der Waals surface area contributed by atoms with Gasteiger partial charge in [0.25, 0.3) is 0 Å². The van der Waals surface area contributed by atoms with Gasteiger partial charge < -0.3 is 24.1 Å². The molecular formula is C27H31F3N2O6. The van der Waals surface area contributed by atoms with Crippen LogP contribution in [0.15, 0.2) is 48.5 Å². The SMILES string of the molecule is COCCOc1ccc(CCCOc2cc(CCC(=O)O)n(C)n2)c(OCc2ccc(C(F)(F)F)cc2)c1. The lowest BCUT2D eigenvalue weighted by atomic mass is 10.1. The monoisotopic (exact) mass is 536 g/mol. The zero-order chi connectivity index (χ0) is 27.5. The van der Waals surface area contributed by atoms with Crippen LogP contribution in [0.5, 0.6) is 17.4 Å². The molecule has 0 bridgehead atoms. The van der Waals surface area contributed by atoms with Crippen LogP contribution in [-0.2, 0) is 42.2 Å². The Morgan fingerprint density at radius 2 is 1.74 bits per heavy atom. The molecule has 0 radical (unpaired) electrons. The number of carbonyl (C=O) groups is 1. The van der Waals surface area contributed by atoms with Crippen LogP contribution in [0.4, 0.5) is 13.2 Å². The van der Waals surface area contributed by atoms with Crippen LogP contribution >= 0.6 is 0 Å². The van der Waals surface area contributed by atoms with Crippen LogP contribution in [0.3, 0.4) is 0 Å². The van der Waals surface area contributed by atoms with Crippen molar-refractivity contribution < 1.29 is 42.0 Å². The van der Waals surface area contributed by atoms with E-state index in [2.05, 4.69) is 5.10 Å². The van der Waals surface area contributed by atoms with Crippen molar-refractivity contribution in [2.45, 2.75) is 38.5 Å². The number of halogens is 3. The molecular weight excluding hydrogens is 505 g/mol. The number of hydrogen-bond donors (Lipinski definition) is 1. The fourth-order valence-corrected chi connectivity index (χ4v) is 3.62. The summed E-state index contributed by atoms with van der Waals surface area (Å²) in [6, 6.07) is 12.0. The molecule has 2 aromatic carbocycles. The topological polar surface area (TPSA) is 92.0 Å². The maximum absolute atomic E-state index is 12.8. The number of carboxylic acid groups (broad SMARTS) is 1. The molecule has 0 fully saturated rings. The molecule has 1 aromatic heterocycles. The first kappa shape index (κ1) is 28.8. The average Bonchev–Trinajstić information content (AvgIpc) is 3.23. The molecule has 1 heterocycles. The standard InChI is InChI=1S/C27H31F3N2O6/c1-32-22(10-12-26(33)34)16-25(31-32)37-13-3-4-20-7-11-23(36-15-14-35-2)17-24(20)38-18-19-5-8-21(9-6-19)27(28,29)30/h5-9,11,16-17H,3-4,10,12-15,18H2,1-2H3,(H,33,34). The Kier molecular flexibility index (Phi) is 10.4. The van der Waals surface area contributed by atoms with Crippen LogP contribution in [0.1, 0.15) is 35.2 Å². The number of ether oxygens (including phenoxy) is 4. The fraction of sp³-hybridized carbons (Fsp3) is 0.407. The summed E-state index contributed by atoms with van der Waals surface area (Å²) in [5, 5.41) is 13.1. The van der Waals surface area contributed by atoms with E-state index in [9.17, 15) is 18.0 Å². The van der Waals surface area contributed by atoms with Gasteiger partial charge in [-0.05, 0) is 48.6 Å². The van der Waals surface area contributed by atoms with Crippen molar-refractivity contribution >= 4 is 5.97 Å². The Bertz CT molecular complexity index is 1180. The molecule has 0 aliphatic carbocycles. The zero-order valence-electron chi connectivity index (χ0n) is 21.3. The molecule has 206 valence electrons. The lowest BCUT2D eigenvalue weighted by molar-refractivity contribution is -0.138. The lowest BCUT2D eigenvalue weighted by Gasteiger charge is -2.15. The summed E-state index contributed by atoms with van der Waals surface area (Å²) in [6.07, 6.45) is -2.77. The molecule has 0 saturated heterocycles. The van der Waals surface area contributed by atoms with Gasteiger partial charge in [-0.1, -0.05) is 18.2 Å². The number of nitrogens with zero attached hydrogens (tertiary/aromatic N) is 2. The molecule has 0 spiro atoms. The Balaban J connectivity index is 1.60. The Labute approximate surface area is 218 Å². The molecule has 3 aromatic rings. The summed E-state index contributed by atoms with van der Waals surface area (Å²) < 4.78 is 62.5. The van der Waals surface area contributed by atoms with E-state index < -0.39 is 17.7 Å². The van der Waals surface area contributed by atoms with Gasteiger partial charge in [0, 0.05) is 32.0 Å². The number of aryl methyl sites for hydroxylation is 3. The van der Waals surface area contributed by atoms with Crippen molar-refractivity contribution in [2.24, 2.45) is 7.05 Å². The fourth-order valence-electron chi connectivity index (χ4n) is 3.62. The predicted molar refractivity (Wildman–Crippen MR) is 133 cm³/mol. The number of aromatic nitrogens is 2. The number of alkyl halides is 3. The number of aliphatic carboxylic acids is 1. The van der Waals surface area contributed by atoms with Gasteiger partial charge >= 0.3 is 12.1 Å². The Morgan fingerprint density at radius 3 is 2.42 bits per heavy atom. The maximum Gasteiger partial charge on any atom is 0.416 e. The Hall–Kier alpha value is -3.73. The minimum Gasteiger partial charge on any atom is -0.491 e. The van der Waals surface area contributed by atoms with Crippen molar-refractivity contribution in [3.05, 3.63) is 70.9 Å². The van der Waals surface area contributed by atoms with Gasteiger partial charge in [-0.25, -0.2) is 0 Å². The number of carboxylic acids is 1. The molecule has 0 unspecified atom stereocenters. The third-order valence-corrected chi connectivity index (χ3v) is 5.66. The molecule has 11 heteroatoms. The number of rotatable bonds is 15. The maximum atomic E-state index is 12.8. The van der Waals surface area contributed by atoms with Crippen molar-refractivity contribution in [3.63, 3.8) is 0 Å². The second-order valence-electron chi connectivity index (χ2n) is 8.54. The zero-order valence-corrected chi connectivity index (χ0v) is 21.3. The molecule has 0 amide bonds. The van der Waals surface area contributed by atoms with Crippen molar-refractivity contribution in [3.8, 4) is 17.4 Å². The first-order valence-electron chi connectivity index (χ1n) is 12.1. The summed E-state index contributed by atoms with van der Waals surface area (Å²) in [6.45, 7) is 1.25. The van der Waals surface area contributed by atoms with E-state index in [4.69, 9.17) is 24.1 Å². The predicted octanol–water partition coefficient (Wildman–Crippen LogP) is 5.07. The van der Waals surface area contributed by atoms with E-state index in [1.807, 2.05) is 12.1 Å². The van der Waals surface area contributed by atoms with E-state index in [1.54, 1.807) is 31.0 Å². The van der Waals surface area contributed by atoms with Crippen LogP contribution in [-0.4, -0.2) is 47.8 Å². The number of benzene rings is 2. The van der Waals surface area contributed by atoms with Gasteiger partial charge in [-0.3, -0.25) is 9.48 Å². The van der Waals surface area contributed by atoms with Gasteiger partial charge in [0.2, 0.25) is 5.88 Å². The van der Waals surface area contributed by atoms with E-state index in [-0.39, 0.29) is 13.0 Å². The molecule has 1 N–H and O–H groups in total. The normalized spacial score (nSPS) is 11.4. The van der Waals surface area contributed by atoms with Crippen molar-refractivity contribution in [1.82, 2.24) is 9.78 Å². The highest BCUT2D eigenvalue weighted by Crippen LogP contribution is 2.30. The van der Waals surface area contributed by atoms with Crippen molar-refractivity contribution in [2.75, 3.05) is 26.9 Å². The van der Waals surface area contributed by atoms with Crippen molar-refractivity contribution in [1.29, 1.82) is 0 Å². The average molecular weight is 537 g/mol. The van der Waals surface area contributed by atoms with E-state index in [0.29, 0.717) is 62.0 Å². The highest BCUT2D eigenvalue weighted by molar-refractivity contribution is 5.67. The quantitative estimate of drug-likeness (QED) is 0.271. The third-order valence-electron chi connectivity index (χ3n) is 5.66. The minimum absolute atomic E-state index is 0.0133. The molecule has 3 rings (SSSR count). The van der Waals surface area contributed by atoms with E-state index in [0.717, 1.165) is 23.4 Å². The molecule has 0 saturated carbocycles. The van der Waals surface area contributed by atoms with Gasteiger partial charge in [0.1, 0.15) is 24.7 Å². The molecule has 38 heavy (non-hydrogen) atoms. The lowest BCUT2D eigenvalue weighted by Crippen LogP contribution is -2.07. The molecule has 0 aliphatic heterocycles. The third kappa shape index (κ3) is 8.98. The smallest absolute Gasteiger partial charge is 0.416 e. The van der Waals surface area contributed by atoms with E-state index >= 15 is 0 Å². The second kappa shape index (κ2) is 13.7. The largest absolute Gasteiger partial charge is 0.491 e. The van der Waals surface area contributed by atoms with E-state index in [1.165, 1.54) is 12.1 Å². The van der Waals surface area contributed by atoms with Crippen LogP contribution in [0, 0.1) is 0 Å². The second-order valence-corrected chi connectivity index (χ2v) is 8.54. The molecule has 0 aliphatic rings. The van der Waals surface area contributed by atoms with Crippen LogP contribution < -0.4 is 14.2 Å². The minimum atomic E-state index is -4.39. The van der Waals surface area contributed by atoms with Gasteiger partial charge in [-0.15, -0.1) is 5.10 Å². The summed E-state index contributed by atoms with van der Waals surface area (Å²) in [5.41, 5.74) is 1.55. The summed E-state index contributed by atoms with van der Waals surface area (Å²) in [5.74, 6) is 0.703. The summed E-state index contributed by atoms with van der Waals surface area (Å²) in [4.78, 5) is 10.8. The summed E-state index contributed by atoms with van der Waals surface area (Å²) >= 11 is 0. The summed E-state index contributed by atoms with van der Waals surface area (Å²) in [7, 11) is 3.32. The van der Waals surface area contributed by atoms with Crippen LogP contribution in [0.2, 0.25) is 0 Å². The van der Waals surface area contributed by atoms with Gasteiger partial charge in [-0.2, -0.15) is 13.2 Å². The van der Waals surface area contributed by atoms with Gasteiger partial charge in [0.05, 0.1) is 25.2 Å². The molecule has 8 nitrogen and oxygen atoms in total.